The number of nitrogens with zero attached hydrogens (tertiary/aromatic N) is 2. The van der Waals surface area contributed by atoms with Gasteiger partial charge in [-0.2, -0.15) is 0 Å². The number of hydrogen-bond acceptors (Lipinski definition) is 4. The van der Waals surface area contributed by atoms with E-state index in [1.165, 1.54) is 0 Å². The molecule has 0 spiro atoms. The molecule has 0 aliphatic carbocycles. The van der Waals surface area contributed by atoms with Crippen molar-refractivity contribution in [2.24, 2.45) is 0 Å². The van der Waals surface area contributed by atoms with Gasteiger partial charge in [0.15, 0.2) is 0 Å². The van der Waals surface area contributed by atoms with E-state index >= 15 is 0 Å². The number of carbonyl (C=O) groups is 2. The van der Waals surface area contributed by atoms with Crippen molar-refractivity contribution >= 4 is 23.9 Å². The van der Waals surface area contributed by atoms with Crippen LogP contribution < -0.4 is 10.2 Å². The second-order valence-corrected chi connectivity index (χ2v) is 10.3. The van der Waals surface area contributed by atoms with Gasteiger partial charge in [0.1, 0.15) is 6.61 Å². The molecule has 0 aromatic heterocycles. The van der Waals surface area contributed by atoms with Gasteiger partial charge in [-0.1, -0.05) is 84.9 Å². The van der Waals surface area contributed by atoms with Crippen LogP contribution >= 0.6 is 0 Å². The molecule has 3 heterocycles. The van der Waals surface area contributed by atoms with Crippen molar-refractivity contribution in [1.82, 2.24) is 10.2 Å². The lowest BCUT2D eigenvalue weighted by Crippen LogP contribution is -2.62. The molecular formula is C32H35N3O4. The van der Waals surface area contributed by atoms with Gasteiger partial charge in [0.05, 0.1) is 11.2 Å². The normalized spacial score (nSPS) is 20.1. The molecule has 3 fully saturated rings. The number of anilines is 1. The van der Waals surface area contributed by atoms with E-state index in [0.717, 1.165) is 66.8 Å². The Bertz CT molecular complexity index is 1290. The summed E-state index contributed by atoms with van der Waals surface area (Å²) in [4.78, 5) is 28.9. The number of rotatable bonds is 9. The van der Waals surface area contributed by atoms with Crippen molar-refractivity contribution in [1.29, 1.82) is 0 Å². The highest BCUT2D eigenvalue weighted by molar-refractivity contribution is 5.95. The first-order valence-electron chi connectivity index (χ1n) is 13.6. The molecule has 7 heteroatoms. The molecule has 3 aromatic carbocycles. The SMILES string of the molecule is O=C(NCC/C=C/c1ccc(-c2ccccc2)c(N(C(=O)O)C23CCN(CC2)CC3)c1)OCc1ccccc1. The highest BCUT2D eigenvalue weighted by Crippen LogP contribution is 2.43. The lowest BCUT2D eigenvalue weighted by Gasteiger charge is -2.53. The molecule has 0 unspecified atom stereocenters. The average Bonchev–Trinajstić information content (AvgIpc) is 2.98. The number of ether oxygens (including phenoxy) is 1. The van der Waals surface area contributed by atoms with Gasteiger partial charge in [0.25, 0.3) is 0 Å². The summed E-state index contributed by atoms with van der Waals surface area (Å²) in [5.74, 6) is 0. The van der Waals surface area contributed by atoms with Crippen LogP contribution in [0.1, 0.15) is 36.8 Å². The Morgan fingerprint density at radius 2 is 1.62 bits per heavy atom. The Morgan fingerprint density at radius 1 is 0.949 bits per heavy atom. The third-order valence-electron chi connectivity index (χ3n) is 7.80. The van der Waals surface area contributed by atoms with Crippen molar-refractivity contribution in [3.63, 3.8) is 0 Å². The number of carboxylic acid groups (broad SMARTS) is 1. The van der Waals surface area contributed by atoms with Crippen molar-refractivity contribution in [3.05, 3.63) is 96.1 Å². The fourth-order valence-electron chi connectivity index (χ4n) is 5.66. The maximum absolute atomic E-state index is 12.8. The van der Waals surface area contributed by atoms with Crippen molar-refractivity contribution < 1.29 is 19.4 Å². The highest BCUT2D eigenvalue weighted by Gasteiger charge is 2.47. The first kappa shape index (κ1) is 26.5. The number of carbonyl (C=O) groups excluding carboxylic acids is 1. The Morgan fingerprint density at radius 3 is 2.28 bits per heavy atom. The number of piperidine rings is 3. The summed E-state index contributed by atoms with van der Waals surface area (Å²) in [7, 11) is 0. The largest absolute Gasteiger partial charge is 0.465 e. The minimum absolute atomic E-state index is 0.235. The maximum atomic E-state index is 12.8. The molecule has 2 N–H and O–H groups in total. The van der Waals surface area contributed by atoms with Gasteiger partial charge in [-0.25, -0.2) is 9.59 Å². The average molecular weight is 526 g/mol. The molecule has 2 bridgehead atoms. The van der Waals surface area contributed by atoms with Crippen LogP contribution in [0.2, 0.25) is 0 Å². The van der Waals surface area contributed by atoms with Crippen LogP contribution in [0.5, 0.6) is 0 Å². The van der Waals surface area contributed by atoms with Gasteiger partial charge in [-0.05, 0) is 48.4 Å². The predicted molar refractivity (Wildman–Crippen MR) is 154 cm³/mol. The lowest BCUT2D eigenvalue weighted by molar-refractivity contribution is 0.0783. The van der Waals surface area contributed by atoms with E-state index in [1.807, 2.05) is 91.0 Å². The van der Waals surface area contributed by atoms with E-state index in [2.05, 4.69) is 10.2 Å². The van der Waals surface area contributed by atoms with Gasteiger partial charge in [0.2, 0.25) is 0 Å². The van der Waals surface area contributed by atoms with Crippen molar-refractivity contribution in [3.8, 4) is 11.1 Å². The summed E-state index contributed by atoms with van der Waals surface area (Å²) in [5, 5.41) is 13.3. The molecule has 3 aliphatic rings. The quantitative estimate of drug-likeness (QED) is 0.316. The molecule has 3 aromatic rings. The molecule has 3 aliphatic heterocycles. The predicted octanol–water partition coefficient (Wildman–Crippen LogP) is 6.41. The standard InChI is InChI=1S/C32H35N3O4/c36-30(39-24-26-10-3-1-4-11-26)33-19-8-7-9-25-14-15-28(27-12-5-2-6-13-27)29(23-25)35(31(37)38)32-16-20-34(21-17-32)22-18-32/h1-7,9-15,23H,8,16-22,24H2,(H,33,36)(H,37,38)/b9-7+. The topological polar surface area (TPSA) is 82.1 Å². The molecule has 6 rings (SSSR count). The zero-order valence-corrected chi connectivity index (χ0v) is 22.1. The van der Waals surface area contributed by atoms with Crippen LogP contribution in [-0.4, -0.2) is 53.9 Å². The minimum Gasteiger partial charge on any atom is -0.465 e. The summed E-state index contributed by atoms with van der Waals surface area (Å²) in [6.07, 6.45) is 5.79. The number of nitrogens with one attached hydrogen (secondary N) is 1. The van der Waals surface area contributed by atoms with E-state index in [1.54, 1.807) is 4.90 Å². The second kappa shape index (κ2) is 12.2. The minimum atomic E-state index is -0.901. The Labute approximate surface area is 229 Å². The van der Waals surface area contributed by atoms with Crippen molar-refractivity contribution in [2.45, 2.75) is 37.8 Å². The van der Waals surface area contributed by atoms with E-state index in [-0.39, 0.29) is 12.1 Å². The van der Waals surface area contributed by atoms with Crippen LogP contribution in [0.25, 0.3) is 17.2 Å². The summed E-state index contributed by atoms with van der Waals surface area (Å²) >= 11 is 0. The lowest BCUT2D eigenvalue weighted by atomic mass is 9.78. The summed E-state index contributed by atoms with van der Waals surface area (Å²) in [6.45, 7) is 3.49. The summed E-state index contributed by atoms with van der Waals surface area (Å²) in [5.41, 5.74) is 4.13. The molecule has 7 nitrogen and oxygen atoms in total. The molecular weight excluding hydrogens is 490 g/mol. The Kier molecular flexibility index (Phi) is 8.27. The summed E-state index contributed by atoms with van der Waals surface area (Å²) < 4.78 is 5.26. The van der Waals surface area contributed by atoms with Crippen molar-refractivity contribution in [2.75, 3.05) is 31.1 Å². The highest BCUT2D eigenvalue weighted by atomic mass is 16.5. The Hall–Kier alpha value is -4.10. The maximum Gasteiger partial charge on any atom is 0.412 e. The zero-order valence-electron chi connectivity index (χ0n) is 22.1. The van der Waals surface area contributed by atoms with Gasteiger partial charge < -0.3 is 20.1 Å². The van der Waals surface area contributed by atoms with Gasteiger partial charge >= 0.3 is 12.2 Å². The number of hydrogen-bond donors (Lipinski definition) is 2. The van der Waals surface area contributed by atoms with E-state index in [0.29, 0.717) is 13.0 Å². The molecule has 39 heavy (non-hydrogen) atoms. The third kappa shape index (κ3) is 6.32. The molecule has 0 atom stereocenters. The number of alkyl carbamates (subject to hydrolysis) is 1. The smallest absolute Gasteiger partial charge is 0.412 e. The Balaban J connectivity index is 1.29. The van der Waals surface area contributed by atoms with Crippen LogP contribution in [0, 0.1) is 0 Å². The fraction of sp³-hybridized carbons (Fsp3) is 0.312. The van der Waals surface area contributed by atoms with E-state index in [4.69, 9.17) is 4.74 Å². The molecule has 3 saturated heterocycles. The zero-order chi connectivity index (χ0) is 27.1. The first-order chi connectivity index (χ1) is 19.0. The fourth-order valence-corrected chi connectivity index (χ4v) is 5.66. The third-order valence-corrected chi connectivity index (χ3v) is 7.80. The number of amides is 2. The number of benzene rings is 3. The van der Waals surface area contributed by atoms with Crippen LogP contribution in [0.3, 0.4) is 0 Å². The van der Waals surface area contributed by atoms with Crippen LogP contribution in [-0.2, 0) is 11.3 Å². The number of fused-ring (bicyclic) bond motifs is 3. The molecule has 2 amide bonds. The van der Waals surface area contributed by atoms with Crippen LogP contribution in [0.4, 0.5) is 15.3 Å². The van der Waals surface area contributed by atoms with E-state index < -0.39 is 12.2 Å². The molecule has 0 saturated carbocycles. The van der Waals surface area contributed by atoms with Crippen LogP contribution in [0.15, 0.2) is 84.9 Å². The van der Waals surface area contributed by atoms with Gasteiger partial charge in [-0.15, -0.1) is 0 Å². The monoisotopic (exact) mass is 525 g/mol. The van der Waals surface area contributed by atoms with Gasteiger partial charge in [-0.3, -0.25) is 4.90 Å². The second-order valence-electron chi connectivity index (χ2n) is 10.3. The van der Waals surface area contributed by atoms with Gasteiger partial charge in [0, 0.05) is 31.7 Å². The molecule has 202 valence electrons. The molecule has 0 radical (unpaired) electrons. The van der Waals surface area contributed by atoms with E-state index in [9.17, 15) is 14.7 Å². The first-order valence-corrected chi connectivity index (χ1v) is 13.6. The summed E-state index contributed by atoms with van der Waals surface area (Å²) in [6, 6.07) is 25.6.